The summed E-state index contributed by atoms with van der Waals surface area (Å²) in [5.41, 5.74) is 3.74. The van der Waals surface area contributed by atoms with Crippen molar-refractivity contribution in [3.8, 4) is 0 Å². The van der Waals surface area contributed by atoms with Crippen LogP contribution in [0.5, 0.6) is 0 Å². The van der Waals surface area contributed by atoms with Crippen molar-refractivity contribution in [1.29, 1.82) is 0 Å². The van der Waals surface area contributed by atoms with Gasteiger partial charge in [0.1, 0.15) is 0 Å². The molecule has 0 saturated carbocycles. The molecule has 28 heavy (non-hydrogen) atoms. The second-order valence-electron chi connectivity index (χ2n) is 7.35. The number of hydrogen-bond acceptors (Lipinski definition) is 3. The minimum Gasteiger partial charge on any atom is -0.374 e. The van der Waals surface area contributed by atoms with Crippen LogP contribution in [0.4, 0.5) is 5.69 Å². The molecule has 2 aromatic carbocycles. The lowest BCUT2D eigenvalue weighted by molar-refractivity contribution is -0.0279. The van der Waals surface area contributed by atoms with Gasteiger partial charge in [-0.2, -0.15) is 0 Å². The first-order valence-electron chi connectivity index (χ1n) is 10.2. The number of anilines is 1. The highest BCUT2D eigenvalue weighted by molar-refractivity contribution is 7.80. The molecule has 0 radical (unpaired) electrons. The van der Waals surface area contributed by atoms with Crippen LogP contribution in [-0.4, -0.2) is 42.4 Å². The van der Waals surface area contributed by atoms with Gasteiger partial charge in [0.15, 0.2) is 5.11 Å². The molecule has 2 N–H and O–H groups in total. The number of aryl methyl sites for hydroxylation is 1. The van der Waals surface area contributed by atoms with Crippen molar-refractivity contribution >= 4 is 23.0 Å². The SMILES string of the molecule is CCCCc1ccc(NC(=S)NC[C@H]2CN(Cc3ccccc3)CCO2)cc1. The van der Waals surface area contributed by atoms with Crippen LogP contribution in [0.25, 0.3) is 0 Å². The summed E-state index contributed by atoms with van der Waals surface area (Å²) in [7, 11) is 0. The molecule has 1 fully saturated rings. The van der Waals surface area contributed by atoms with Crippen molar-refractivity contribution in [2.75, 3.05) is 31.6 Å². The van der Waals surface area contributed by atoms with Gasteiger partial charge in [-0.15, -0.1) is 0 Å². The Balaban J connectivity index is 1.40. The zero-order valence-corrected chi connectivity index (χ0v) is 17.5. The van der Waals surface area contributed by atoms with E-state index < -0.39 is 0 Å². The Morgan fingerprint density at radius 1 is 1.11 bits per heavy atom. The number of nitrogens with one attached hydrogen (secondary N) is 2. The van der Waals surface area contributed by atoms with Crippen LogP contribution in [0.15, 0.2) is 54.6 Å². The third-order valence-electron chi connectivity index (χ3n) is 4.99. The Bertz CT molecular complexity index is 720. The summed E-state index contributed by atoms with van der Waals surface area (Å²) >= 11 is 5.45. The van der Waals surface area contributed by atoms with E-state index >= 15 is 0 Å². The summed E-state index contributed by atoms with van der Waals surface area (Å²) in [6, 6.07) is 19.1. The van der Waals surface area contributed by atoms with Crippen LogP contribution in [0, 0.1) is 0 Å². The van der Waals surface area contributed by atoms with Crippen molar-refractivity contribution in [2.45, 2.75) is 38.8 Å². The van der Waals surface area contributed by atoms with Crippen LogP contribution < -0.4 is 10.6 Å². The molecule has 1 heterocycles. The fourth-order valence-corrected chi connectivity index (χ4v) is 3.61. The summed E-state index contributed by atoms with van der Waals surface area (Å²) in [5, 5.41) is 7.21. The largest absolute Gasteiger partial charge is 0.374 e. The number of ether oxygens (including phenoxy) is 1. The lowest BCUT2D eigenvalue weighted by Gasteiger charge is -2.33. The number of rotatable bonds is 8. The molecular weight excluding hydrogens is 366 g/mol. The predicted octanol–water partition coefficient (Wildman–Crippen LogP) is 4.22. The van der Waals surface area contributed by atoms with Gasteiger partial charge in [-0.1, -0.05) is 55.8 Å². The summed E-state index contributed by atoms with van der Waals surface area (Å²) in [6.45, 7) is 6.55. The number of unbranched alkanes of at least 4 members (excludes halogenated alkanes) is 1. The van der Waals surface area contributed by atoms with E-state index in [0.29, 0.717) is 11.7 Å². The monoisotopic (exact) mass is 397 g/mol. The highest BCUT2D eigenvalue weighted by atomic mass is 32.1. The van der Waals surface area contributed by atoms with Crippen molar-refractivity contribution < 1.29 is 4.74 Å². The van der Waals surface area contributed by atoms with E-state index in [0.717, 1.165) is 38.3 Å². The molecule has 150 valence electrons. The molecule has 0 amide bonds. The average molecular weight is 398 g/mol. The van der Waals surface area contributed by atoms with Crippen LogP contribution in [-0.2, 0) is 17.7 Å². The maximum atomic E-state index is 5.91. The molecule has 0 bridgehead atoms. The van der Waals surface area contributed by atoms with Gasteiger partial charge in [-0.25, -0.2) is 0 Å². The normalized spacial score (nSPS) is 17.2. The number of benzene rings is 2. The molecule has 3 rings (SSSR count). The number of nitrogens with zero attached hydrogens (tertiary/aromatic N) is 1. The minimum atomic E-state index is 0.147. The Morgan fingerprint density at radius 3 is 2.64 bits per heavy atom. The van der Waals surface area contributed by atoms with Crippen LogP contribution >= 0.6 is 12.2 Å². The maximum absolute atomic E-state index is 5.91. The molecule has 0 aromatic heterocycles. The van der Waals surface area contributed by atoms with Crippen molar-refractivity contribution in [3.05, 3.63) is 65.7 Å². The predicted molar refractivity (Wildman–Crippen MR) is 121 cm³/mol. The first-order chi connectivity index (χ1) is 13.7. The van der Waals surface area contributed by atoms with E-state index in [1.165, 1.54) is 24.0 Å². The summed E-state index contributed by atoms with van der Waals surface area (Å²) in [4.78, 5) is 2.44. The standard InChI is InChI=1S/C23H31N3OS/c1-2-3-7-19-10-12-21(13-11-19)25-23(28)24-16-22-18-26(14-15-27-22)17-20-8-5-4-6-9-20/h4-6,8-13,22H,2-3,7,14-18H2,1H3,(H2,24,25,28)/t22-/m0/s1. The zero-order chi connectivity index (χ0) is 19.6. The van der Waals surface area contributed by atoms with Gasteiger partial charge < -0.3 is 15.4 Å². The topological polar surface area (TPSA) is 36.5 Å². The number of morpholine rings is 1. The Morgan fingerprint density at radius 2 is 1.89 bits per heavy atom. The maximum Gasteiger partial charge on any atom is 0.170 e. The highest BCUT2D eigenvalue weighted by Crippen LogP contribution is 2.12. The summed E-state index contributed by atoms with van der Waals surface area (Å²) in [5.74, 6) is 0. The van der Waals surface area contributed by atoms with Crippen molar-refractivity contribution in [3.63, 3.8) is 0 Å². The first kappa shape index (κ1) is 20.8. The van der Waals surface area contributed by atoms with E-state index in [1.54, 1.807) is 0 Å². The lowest BCUT2D eigenvalue weighted by atomic mass is 10.1. The van der Waals surface area contributed by atoms with E-state index in [2.05, 4.69) is 77.1 Å². The van der Waals surface area contributed by atoms with E-state index in [-0.39, 0.29) is 6.10 Å². The zero-order valence-electron chi connectivity index (χ0n) is 16.7. The summed E-state index contributed by atoms with van der Waals surface area (Å²) in [6.07, 6.45) is 3.74. The molecule has 2 aromatic rings. The fourth-order valence-electron chi connectivity index (χ4n) is 3.41. The van der Waals surface area contributed by atoms with E-state index in [1.807, 2.05) is 0 Å². The lowest BCUT2D eigenvalue weighted by Crippen LogP contribution is -2.47. The molecule has 5 heteroatoms. The Kier molecular flexibility index (Phi) is 8.27. The molecule has 1 saturated heterocycles. The van der Waals surface area contributed by atoms with Crippen molar-refractivity contribution in [1.82, 2.24) is 10.2 Å². The average Bonchev–Trinajstić information content (AvgIpc) is 2.73. The minimum absolute atomic E-state index is 0.147. The van der Waals surface area contributed by atoms with Gasteiger partial charge in [-0.3, -0.25) is 4.90 Å². The van der Waals surface area contributed by atoms with Crippen LogP contribution in [0.3, 0.4) is 0 Å². The molecule has 0 unspecified atom stereocenters. The van der Waals surface area contributed by atoms with Gasteiger partial charge in [0.05, 0.1) is 12.7 Å². The third-order valence-corrected chi connectivity index (χ3v) is 5.24. The summed E-state index contributed by atoms with van der Waals surface area (Å²) < 4.78 is 5.91. The number of hydrogen-bond donors (Lipinski definition) is 2. The van der Waals surface area contributed by atoms with Crippen LogP contribution in [0.1, 0.15) is 30.9 Å². The molecule has 0 spiro atoms. The molecule has 0 aliphatic carbocycles. The fraction of sp³-hybridized carbons (Fsp3) is 0.435. The molecule has 1 atom stereocenters. The van der Waals surface area contributed by atoms with Gasteiger partial charge in [0, 0.05) is 31.9 Å². The quantitative estimate of drug-likeness (QED) is 0.653. The van der Waals surface area contributed by atoms with Gasteiger partial charge in [0.25, 0.3) is 0 Å². The second-order valence-corrected chi connectivity index (χ2v) is 7.76. The Hall–Kier alpha value is -1.95. The van der Waals surface area contributed by atoms with Gasteiger partial charge in [0.2, 0.25) is 0 Å². The van der Waals surface area contributed by atoms with Crippen molar-refractivity contribution in [2.24, 2.45) is 0 Å². The highest BCUT2D eigenvalue weighted by Gasteiger charge is 2.20. The van der Waals surface area contributed by atoms with E-state index in [9.17, 15) is 0 Å². The third kappa shape index (κ3) is 6.89. The Labute approximate surface area is 174 Å². The first-order valence-corrected chi connectivity index (χ1v) is 10.7. The van der Waals surface area contributed by atoms with Gasteiger partial charge >= 0.3 is 0 Å². The van der Waals surface area contributed by atoms with E-state index in [4.69, 9.17) is 17.0 Å². The molecule has 4 nitrogen and oxygen atoms in total. The van der Waals surface area contributed by atoms with Gasteiger partial charge in [-0.05, 0) is 48.3 Å². The molecule has 1 aliphatic heterocycles. The molecule has 1 aliphatic rings. The molecular formula is C23H31N3OS. The van der Waals surface area contributed by atoms with Crippen LogP contribution in [0.2, 0.25) is 0 Å². The second kappa shape index (κ2) is 11.1. The smallest absolute Gasteiger partial charge is 0.170 e. The number of thiocarbonyl (C=S) groups is 1.